The van der Waals surface area contributed by atoms with Crippen LogP contribution < -0.4 is 0 Å². The van der Waals surface area contributed by atoms with Crippen LogP contribution in [0.3, 0.4) is 0 Å². The van der Waals surface area contributed by atoms with Crippen LogP contribution in [0.2, 0.25) is 0 Å². The smallest absolute Gasteiger partial charge is 0.0519 e. The van der Waals surface area contributed by atoms with E-state index in [1.165, 1.54) is 4.90 Å². The fraction of sp³-hybridized carbons (Fsp3) is 0.500. The van der Waals surface area contributed by atoms with Crippen LogP contribution in [0.5, 0.6) is 0 Å². The van der Waals surface area contributed by atoms with Crippen molar-refractivity contribution in [3.8, 4) is 0 Å². The minimum absolute atomic E-state index is 0.439. The van der Waals surface area contributed by atoms with Gasteiger partial charge in [0.25, 0.3) is 0 Å². The molecule has 1 aliphatic rings. The fourth-order valence-corrected chi connectivity index (χ4v) is 1.51. The maximum Gasteiger partial charge on any atom is 0.0519 e. The molecule has 2 nitrogen and oxygen atoms in total. The van der Waals surface area contributed by atoms with E-state index in [4.69, 9.17) is 5.48 Å². The zero-order valence-corrected chi connectivity index (χ0v) is 6.83. The molecule has 1 aromatic rings. The zero-order chi connectivity index (χ0) is 11.8. The lowest BCUT2D eigenvalue weighted by molar-refractivity contribution is 0.317. The molecule has 0 bridgehead atoms. The van der Waals surface area contributed by atoms with Gasteiger partial charge in [-0.1, -0.05) is 6.07 Å². The average molecular weight is 166 g/mol. The number of rotatable bonds is 1. The van der Waals surface area contributed by atoms with Gasteiger partial charge in [-0.2, -0.15) is 0 Å². The van der Waals surface area contributed by atoms with Crippen molar-refractivity contribution < 1.29 is 5.48 Å². The van der Waals surface area contributed by atoms with E-state index in [9.17, 15) is 0 Å². The number of pyridine rings is 1. The number of hydrogen-bond acceptors (Lipinski definition) is 2. The van der Waals surface area contributed by atoms with Crippen LogP contribution in [-0.4, -0.2) is 23.4 Å². The molecule has 2 heterocycles. The Morgan fingerprint density at radius 3 is 3.58 bits per heavy atom. The largest absolute Gasteiger partial charge is 0.299 e. The summed E-state index contributed by atoms with van der Waals surface area (Å²) in [5.41, 5.74) is 0.656. The van der Waals surface area contributed by atoms with E-state index in [-0.39, 0.29) is 0 Å². The van der Waals surface area contributed by atoms with E-state index in [1.807, 2.05) is 0 Å². The number of aromatic nitrogens is 1. The Balaban J connectivity index is 2.37. The maximum atomic E-state index is 8.36. The van der Waals surface area contributed by atoms with Crippen molar-refractivity contribution in [3.05, 3.63) is 30.1 Å². The van der Waals surface area contributed by atoms with Crippen molar-refractivity contribution in [2.24, 2.45) is 0 Å². The second-order valence-corrected chi connectivity index (χ2v) is 2.94. The quantitative estimate of drug-likeness (QED) is 0.633. The summed E-state index contributed by atoms with van der Waals surface area (Å²) in [5.74, 6) is 0. The van der Waals surface area contributed by atoms with Crippen molar-refractivity contribution in [1.29, 1.82) is 0 Å². The van der Waals surface area contributed by atoms with Gasteiger partial charge in [-0.25, -0.2) is 0 Å². The Hall–Kier alpha value is -0.890. The average Bonchev–Trinajstić information content (AvgIpc) is 2.63. The SMILES string of the molecule is [2H]C([2H])([2H])N1CCCC1([2H])c1cccnc1. The lowest BCUT2D eigenvalue weighted by Crippen LogP contribution is -2.17. The van der Waals surface area contributed by atoms with Crippen LogP contribution in [0, 0.1) is 0 Å². The molecule has 2 rings (SSSR count). The van der Waals surface area contributed by atoms with Gasteiger partial charge in [0.15, 0.2) is 0 Å². The highest BCUT2D eigenvalue weighted by atomic mass is 15.1. The van der Waals surface area contributed by atoms with Gasteiger partial charge in [0.05, 0.1) is 1.37 Å². The highest BCUT2D eigenvalue weighted by Gasteiger charge is 2.21. The van der Waals surface area contributed by atoms with Gasteiger partial charge in [-0.3, -0.25) is 9.88 Å². The van der Waals surface area contributed by atoms with E-state index in [0.29, 0.717) is 18.5 Å². The molecule has 12 heavy (non-hydrogen) atoms. The molecule has 0 N–H and O–H groups in total. The molecule has 0 spiro atoms. The molecule has 1 unspecified atom stereocenters. The molecule has 1 aromatic heterocycles. The first-order valence-corrected chi connectivity index (χ1v) is 4.13. The molecule has 0 amide bonds. The summed E-state index contributed by atoms with van der Waals surface area (Å²) < 4.78 is 30.7. The van der Waals surface area contributed by atoms with Crippen LogP contribution in [0.1, 0.15) is 29.9 Å². The number of hydrogen-bond donors (Lipinski definition) is 0. The normalized spacial score (nSPS) is 36.7. The predicted octanol–water partition coefficient (Wildman–Crippen LogP) is 1.85. The highest BCUT2D eigenvalue weighted by Crippen LogP contribution is 2.29. The van der Waals surface area contributed by atoms with E-state index < -0.39 is 13.0 Å². The van der Waals surface area contributed by atoms with E-state index in [2.05, 4.69) is 4.98 Å². The minimum atomic E-state index is -2.21. The van der Waals surface area contributed by atoms with Gasteiger partial charge in [0.2, 0.25) is 0 Å². The predicted molar refractivity (Wildman–Crippen MR) is 48.8 cm³/mol. The Morgan fingerprint density at radius 1 is 1.83 bits per heavy atom. The molecule has 0 radical (unpaired) electrons. The van der Waals surface area contributed by atoms with Gasteiger partial charge in [0, 0.05) is 22.5 Å². The number of likely N-dealkylation sites (tertiary alicyclic amines) is 1. The third kappa shape index (κ3) is 1.34. The molecule has 1 fully saturated rings. The van der Waals surface area contributed by atoms with Crippen molar-refractivity contribution >= 4 is 0 Å². The lowest BCUT2D eigenvalue weighted by atomic mass is 10.1. The van der Waals surface area contributed by atoms with E-state index in [1.54, 1.807) is 24.5 Å². The van der Waals surface area contributed by atoms with Crippen LogP contribution in [0.4, 0.5) is 0 Å². The molecule has 0 aromatic carbocycles. The summed E-state index contributed by atoms with van der Waals surface area (Å²) in [6.45, 7) is -1.77. The summed E-state index contributed by atoms with van der Waals surface area (Å²) in [4.78, 5) is 5.24. The maximum absolute atomic E-state index is 8.36. The lowest BCUT2D eigenvalue weighted by Gasteiger charge is -2.18. The fourth-order valence-electron chi connectivity index (χ4n) is 1.51. The standard InChI is InChI=1S/C10H14N2/c1-12-7-3-5-10(12)9-4-2-6-11-8-9/h2,4,6,8,10H,3,5,7H2,1H3/i1D3,10D. The molecular formula is C10H14N2. The van der Waals surface area contributed by atoms with Crippen molar-refractivity contribution in [2.45, 2.75) is 18.9 Å². The summed E-state index contributed by atoms with van der Waals surface area (Å²) in [6.07, 6.45) is 4.48. The van der Waals surface area contributed by atoms with Crippen molar-refractivity contribution in [1.82, 2.24) is 9.88 Å². The van der Waals surface area contributed by atoms with E-state index >= 15 is 0 Å². The zero-order valence-electron chi connectivity index (χ0n) is 10.8. The monoisotopic (exact) mass is 166 g/mol. The second kappa shape index (κ2) is 3.23. The van der Waals surface area contributed by atoms with Gasteiger partial charge < -0.3 is 0 Å². The first-order chi connectivity index (χ1) is 7.44. The molecule has 1 atom stereocenters. The van der Waals surface area contributed by atoms with Crippen LogP contribution in [0.15, 0.2) is 24.5 Å². The Labute approximate surface area is 78.8 Å². The van der Waals surface area contributed by atoms with Gasteiger partial charge in [-0.05, 0) is 38.0 Å². The first kappa shape index (κ1) is 4.38. The molecule has 64 valence electrons. The first-order valence-electron chi connectivity index (χ1n) is 6.13. The van der Waals surface area contributed by atoms with Gasteiger partial charge in [0.1, 0.15) is 0 Å². The summed E-state index contributed by atoms with van der Waals surface area (Å²) in [7, 11) is 0. The third-order valence-electron chi connectivity index (χ3n) is 2.12. The summed E-state index contributed by atoms with van der Waals surface area (Å²) in [6, 6.07) is 2.35. The Morgan fingerprint density at radius 2 is 2.83 bits per heavy atom. The van der Waals surface area contributed by atoms with Gasteiger partial charge >= 0.3 is 0 Å². The molecule has 2 heteroatoms. The highest BCUT2D eigenvalue weighted by molar-refractivity contribution is 5.14. The van der Waals surface area contributed by atoms with Crippen molar-refractivity contribution in [2.75, 3.05) is 13.5 Å². The third-order valence-corrected chi connectivity index (χ3v) is 2.12. The molecule has 0 saturated carbocycles. The minimum Gasteiger partial charge on any atom is -0.299 e. The topological polar surface area (TPSA) is 16.1 Å². The van der Waals surface area contributed by atoms with Crippen LogP contribution in [0.25, 0.3) is 0 Å². The second-order valence-electron chi connectivity index (χ2n) is 2.94. The Kier molecular flexibility index (Phi) is 1.18. The summed E-state index contributed by atoms with van der Waals surface area (Å²) in [5, 5.41) is 0. The van der Waals surface area contributed by atoms with Crippen LogP contribution in [-0.2, 0) is 0 Å². The van der Waals surface area contributed by atoms with Crippen LogP contribution >= 0.6 is 0 Å². The van der Waals surface area contributed by atoms with Gasteiger partial charge in [-0.15, -0.1) is 0 Å². The number of nitrogens with zero attached hydrogens (tertiary/aromatic N) is 2. The molecular weight excluding hydrogens is 148 g/mol. The van der Waals surface area contributed by atoms with Crippen molar-refractivity contribution in [3.63, 3.8) is 0 Å². The van der Waals surface area contributed by atoms with E-state index in [0.717, 1.165) is 6.42 Å². The molecule has 1 aliphatic heterocycles. The summed E-state index contributed by atoms with van der Waals surface area (Å²) >= 11 is 0. The molecule has 0 aliphatic carbocycles. The Bertz CT molecular complexity index is 365. The molecule has 1 saturated heterocycles.